The van der Waals surface area contributed by atoms with E-state index in [4.69, 9.17) is 16.3 Å². The summed E-state index contributed by atoms with van der Waals surface area (Å²) in [6.07, 6.45) is 4.72. The van der Waals surface area contributed by atoms with Gasteiger partial charge in [-0.25, -0.2) is 4.98 Å². The Hall–Kier alpha value is -5.37. The second-order valence-corrected chi connectivity index (χ2v) is 24.7. The van der Waals surface area contributed by atoms with E-state index in [1.54, 1.807) is 29.5 Å². The van der Waals surface area contributed by atoms with Crippen LogP contribution in [0.5, 0.6) is 5.75 Å². The van der Waals surface area contributed by atoms with Crippen LogP contribution in [-0.2, 0) is 20.8 Å². The minimum atomic E-state index is -0.891. The maximum atomic E-state index is 14.5. The minimum Gasteiger partial charge on any atom is -0.489 e. The predicted octanol–water partition coefficient (Wildman–Crippen LogP) is 8.49. The second-order valence-electron chi connectivity index (χ2n) is 23.4. The van der Waals surface area contributed by atoms with Gasteiger partial charge in [0.1, 0.15) is 30.0 Å². The molecule has 4 fully saturated rings. The number of aliphatic hydroxyl groups excluding tert-OH is 1. The normalized spacial score (nSPS) is 24.1. The highest BCUT2D eigenvalue weighted by Crippen LogP contribution is 2.55. The Morgan fingerprint density at radius 3 is 2.22 bits per heavy atom. The fourth-order valence-electron chi connectivity index (χ4n) is 12.4. The van der Waals surface area contributed by atoms with Gasteiger partial charge in [-0.3, -0.25) is 24.1 Å². The number of unbranched alkanes of at least 4 members (excludes halogenated alkanes) is 1. The van der Waals surface area contributed by atoms with Gasteiger partial charge < -0.3 is 35.6 Å². The summed E-state index contributed by atoms with van der Waals surface area (Å²) in [6, 6.07) is 21.5. The Labute approximate surface area is 446 Å². The van der Waals surface area contributed by atoms with Gasteiger partial charge in [0.25, 0.3) is 5.91 Å². The number of aryl methyl sites for hydroxylation is 2. The van der Waals surface area contributed by atoms with Gasteiger partial charge in [0, 0.05) is 66.6 Å². The van der Waals surface area contributed by atoms with Crippen LogP contribution in [-0.4, -0.2) is 124 Å². The average Bonchev–Trinajstić information content (AvgIpc) is 4.04. The van der Waals surface area contributed by atoms with Crippen LogP contribution in [0.25, 0.3) is 10.4 Å². The molecule has 4 aromatic rings. The van der Waals surface area contributed by atoms with Crippen LogP contribution < -0.4 is 20.7 Å². The zero-order valence-corrected chi connectivity index (χ0v) is 46.1. The number of hydrogen-bond acceptors (Lipinski definition) is 11. The largest absolute Gasteiger partial charge is 0.489 e. The third kappa shape index (κ3) is 11.8. The molecule has 74 heavy (non-hydrogen) atoms. The van der Waals surface area contributed by atoms with Gasteiger partial charge in [0.2, 0.25) is 17.7 Å². The van der Waals surface area contributed by atoms with Crippen molar-refractivity contribution in [3.8, 4) is 22.3 Å². The molecule has 16 heteroatoms. The number of halogens is 1. The van der Waals surface area contributed by atoms with Crippen molar-refractivity contribution >= 4 is 46.6 Å². The monoisotopic (exact) mass is 1050 g/mol. The summed E-state index contributed by atoms with van der Waals surface area (Å²) in [6.45, 7) is 21.1. The number of β-amino-alcohol motifs (C(OH)–C–C–N with tert-alkyl or cyclic N) is 1. The van der Waals surface area contributed by atoms with Crippen LogP contribution in [0.2, 0.25) is 5.02 Å². The van der Waals surface area contributed by atoms with Crippen molar-refractivity contribution in [1.82, 2.24) is 35.6 Å². The lowest BCUT2D eigenvalue weighted by Gasteiger charge is -2.63. The minimum absolute atomic E-state index is 0.0212. The van der Waals surface area contributed by atoms with E-state index in [0.717, 1.165) is 73.4 Å². The standard InChI is InChI=1S/C58H75ClN8O6S/c1-10-46(37-18-20-38(21-19-37)49-35(2)61-34-74-49)62-52(71)47-27-43(68)32-67(47)53(72)50(56(3,4)5)63-48(69)33-66-41-23-24-42(66)31-65(30-41)26-12-11-13-36-14-16-39(17-15-36)51(70)64-54-57(6,7)55(58(54,8)9)73-44-25-22-40(29-60)45(59)28-44/h14-22,25,28,34,41-43,46-47,50,54-55,68H,10-13,23-24,26-27,30-33H2,1-9H3,(H,62,71)(H,63,69)(H,64,70)/t41?,42?,43-,46+,47?,50-,54?,55?/m1/s1. The molecule has 1 aromatic heterocycles. The van der Waals surface area contributed by atoms with Crippen molar-refractivity contribution in [1.29, 1.82) is 5.26 Å². The van der Waals surface area contributed by atoms with Gasteiger partial charge >= 0.3 is 0 Å². The first-order valence-corrected chi connectivity index (χ1v) is 27.7. The third-order valence-electron chi connectivity index (χ3n) is 16.2. The molecule has 3 aromatic carbocycles. The Balaban J connectivity index is 0.779. The Kier molecular flexibility index (Phi) is 16.7. The van der Waals surface area contributed by atoms with E-state index < -0.39 is 23.6 Å². The Morgan fingerprint density at radius 2 is 1.62 bits per heavy atom. The van der Waals surface area contributed by atoms with Crippen molar-refractivity contribution in [3.05, 3.63) is 105 Å². The lowest BCUT2D eigenvalue weighted by Crippen LogP contribution is -2.74. The maximum Gasteiger partial charge on any atom is 0.251 e. The molecule has 6 atom stereocenters. The van der Waals surface area contributed by atoms with E-state index in [-0.39, 0.29) is 84.2 Å². The number of amides is 4. The zero-order valence-electron chi connectivity index (χ0n) is 44.5. The summed E-state index contributed by atoms with van der Waals surface area (Å²) in [7, 11) is 0. The molecule has 3 aliphatic heterocycles. The predicted molar refractivity (Wildman–Crippen MR) is 290 cm³/mol. The number of nitrogens with one attached hydrogen (secondary N) is 3. The molecule has 2 bridgehead atoms. The molecule has 14 nitrogen and oxygen atoms in total. The number of hydrogen-bond donors (Lipinski definition) is 4. The quantitative estimate of drug-likeness (QED) is 0.0707. The fraction of sp³-hybridized carbons (Fsp3) is 0.552. The summed E-state index contributed by atoms with van der Waals surface area (Å²) in [5, 5.41) is 30.0. The maximum absolute atomic E-state index is 14.5. The van der Waals surface area contributed by atoms with Crippen LogP contribution >= 0.6 is 22.9 Å². The summed E-state index contributed by atoms with van der Waals surface area (Å²) in [5.74, 6) is -0.408. The van der Waals surface area contributed by atoms with Gasteiger partial charge in [0.15, 0.2) is 0 Å². The lowest BCUT2D eigenvalue weighted by molar-refractivity contribution is -0.164. The van der Waals surface area contributed by atoms with Gasteiger partial charge in [0.05, 0.1) is 45.4 Å². The van der Waals surface area contributed by atoms with E-state index in [2.05, 4.69) is 64.5 Å². The number of nitriles is 1. The van der Waals surface area contributed by atoms with Crippen molar-refractivity contribution in [2.75, 3.05) is 32.7 Å². The highest BCUT2D eigenvalue weighted by Gasteiger charge is 2.64. The van der Waals surface area contributed by atoms with Gasteiger partial charge in [-0.05, 0) is 98.4 Å². The molecule has 396 valence electrons. The van der Waals surface area contributed by atoms with Gasteiger partial charge in [-0.1, -0.05) is 103 Å². The fourth-order valence-corrected chi connectivity index (χ4v) is 13.5. The molecule has 1 saturated carbocycles. The first-order valence-electron chi connectivity index (χ1n) is 26.4. The Morgan fingerprint density at radius 1 is 0.946 bits per heavy atom. The molecule has 0 spiro atoms. The highest BCUT2D eigenvalue weighted by molar-refractivity contribution is 7.13. The number of carbonyl (C=O) groups excluding carboxylic acids is 4. The number of likely N-dealkylation sites (tertiary alicyclic amines) is 2. The van der Waals surface area contributed by atoms with E-state index in [1.165, 1.54) is 10.5 Å². The van der Waals surface area contributed by atoms with Crippen LogP contribution in [0.1, 0.15) is 133 Å². The van der Waals surface area contributed by atoms with Crippen molar-refractivity contribution in [3.63, 3.8) is 0 Å². The number of benzene rings is 3. The molecule has 4 amide bonds. The number of aromatic nitrogens is 1. The molecular weight excluding hydrogens is 972 g/mol. The second kappa shape index (κ2) is 22.5. The number of thiazole rings is 1. The SMILES string of the molecule is CC[C@H](NC(=O)C1C[C@@H](O)CN1C(=O)[C@@H](NC(=O)CN1C2CCC1CN(CCCCc1ccc(C(=O)NC3C(C)(C)C(Oc4ccc(C#N)c(Cl)c4)C3(C)C)cc1)C2)C(C)(C)C)c1ccc(-c2scnc2C)cc1. The number of ether oxygens (including phenoxy) is 1. The molecule has 3 unspecified atom stereocenters. The number of piperazine rings is 1. The number of carbonyl (C=O) groups is 4. The van der Waals surface area contributed by atoms with Gasteiger partial charge in [-0.2, -0.15) is 5.26 Å². The van der Waals surface area contributed by atoms with Crippen LogP contribution in [0.4, 0.5) is 0 Å². The van der Waals surface area contributed by atoms with Crippen LogP contribution in [0.3, 0.4) is 0 Å². The smallest absolute Gasteiger partial charge is 0.251 e. The van der Waals surface area contributed by atoms with E-state index >= 15 is 0 Å². The molecule has 0 radical (unpaired) electrons. The van der Waals surface area contributed by atoms with E-state index in [1.807, 2.05) is 88.7 Å². The summed E-state index contributed by atoms with van der Waals surface area (Å²) in [5.41, 5.74) is 5.67. The summed E-state index contributed by atoms with van der Waals surface area (Å²) >= 11 is 7.87. The zero-order chi connectivity index (χ0) is 53.3. The summed E-state index contributed by atoms with van der Waals surface area (Å²) < 4.78 is 6.40. The Bertz CT molecular complexity index is 2680. The molecule has 8 rings (SSSR count). The van der Waals surface area contributed by atoms with Crippen molar-refractivity contribution in [2.24, 2.45) is 16.2 Å². The number of rotatable bonds is 18. The molecule has 4 heterocycles. The highest BCUT2D eigenvalue weighted by atomic mass is 35.5. The first-order chi connectivity index (χ1) is 35.1. The topological polar surface area (TPSA) is 180 Å². The summed E-state index contributed by atoms with van der Waals surface area (Å²) in [4.78, 5) is 67.7. The molecule has 1 aliphatic carbocycles. The number of aliphatic hydroxyl groups is 1. The third-order valence-corrected chi connectivity index (χ3v) is 17.5. The van der Waals surface area contributed by atoms with E-state index in [9.17, 15) is 29.5 Å². The van der Waals surface area contributed by atoms with E-state index in [0.29, 0.717) is 28.3 Å². The molecule has 3 saturated heterocycles. The number of nitrogens with zero attached hydrogens (tertiary/aromatic N) is 5. The number of fused-ring (bicyclic) bond motifs is 2. The van der Waals surface area contributed by atoms with Crippen LogP contribution in [0.15, 0.2) is 72.2 Å². The molecule has 4 aliphatic rings. The van der Waals surface area contributed by atoms with Crippen LogP contribution in [0, 0.1) is 34.5 Å². The molecule has 4 N–H and O–H groups in total. The average molecular weight is 1050 g/mol. The van der Waals surface area contributed by atoms with Gasteiger partial charge in [-0.15, -0.1) is 11.3 Å². The molecular formula is C58H75ClN8O6S. The van der Waals surface area contributed by atoms with Crippen molar-refractivity contribution < 1.29 is 29.0 Å². The van der Waals surface area contributed by atoms with Crippen molar-refractivity contribution in [2.45, 2.75) is 156 Å². The lowest BCUT2D eigenvalue weighted by atomic mass is 9.49. The first kappa shape index (κ1) is 54.9.